The molecule has 0 amide bonds. The van der Waals surface area contributed by atoms with Gasteiger partial charge in [0.05, 0.1) is 3.57 Å². The first kappa shape index (κ1) is 13.8. The van der Waals surface area contributed by atoms with Gasteiger partial charge in [0.1, 0.15) is 11.4 Å². The molecule has 2 aromatic rings. The minimum absolute atomic E-state index is 0.211. The predicted molar refractivity (Wildman–Crippen MR) is 81.3 cm³/mol. The molecule has 3 rings (SSSR count). The van der Waals surface area contributed by atoms with Gasteiger partial charge in [-0.25, -0.2) is 0 Å². The smallest absolute Gasteiger partial charge is 0.258 e. The Morgan fingerprint density at radius 3 is 2.90 bits per heavy atom. The van der Waals surface area contributed by atoms with Gasteiger partial charge in [-0.2, -0.15) is 4.98 Å². The van der Waals surface area contributed by atoms with Gasteiger partial charge in [0.2, 0.25) is 5.82 Å². The molecule has 0 spiro atoms. The zero-order valence-electron chi connectivity index (χ0n) is 11.1. The molecule has 5 nitrogen and oxygen atoms in total. The molecule has 0 saturated carbocycles. The van der Waals surface area contributed by atoms with Gasteiger partial charge in [0.25, 0.3) is 5.89 Å². The summed E-state index contributed by atoms with van der Waals surface area (Å²) in [6.07, 6.45) is 3.07. The summed E-state index contributed by atoms with van der Waals surface area (Å²) in [6.45, 7) is 2.72. The van der Waals surface area contributed by atoms with Crippen LogP contribution in [0.25, 0.3) is 11.5 Å². The molecule has 1 atom stereocenters. The van der Waals surface area contributed by atoms with Crippen molar-refractivity contribution in [2.75, 3.05) is 6.61 Å². The minimum Gasteiger partial charge on any atom is -0.507 e. The molecular formula is C14H15IN2O3. The highest BCUT2D eigenvalue weighted by Gasteiger charge is 2.35. The van der Waals surface area contributed by atoms with E-state index in [0.29, 0.717) is 17.3 Å². The largest absolute Gasteiger partial charge is 0.507 e. The van der Waals surface area contributed by atoms with E-state index in [9.17, 15) is 5.11 Å². The molecule has 0 aliphatic carbocycles. The first-order chi connectivity index (χ1) is 9.58. The van der Waals surface area contributed by atoms with Crippen molar-refractivity contribution in [3.63, 3.8) is 0 Å². The third kappa shape index (κ3) is 2.54. The number of hydrogen-bond acceptors (Lipinski definition) is 5. The molecule has 1 fully saturated rings. The highest BCUT2D eigenvalue weighted by Crippen LogP contribution is 2.34. The van der Waals surface area contributed by atoms with Gasteiger partial charge in [-0.1, -0.05) is 5.16 Å². The Labute approximate surface area is 130 Å². The Morgan fingerprint density at radius 2 is 2.20 bits per heavy atom. The van der Waals surface area contributed by atoms with Gasteiger partial charge in [-0.3, -0.25) is 0 Å². The lowest BCUT2D eigenvalue weighted by molar-refractivity contribution is -0.0770. The first-order valence-electron chi connectivity index (χ1n) is 6.55. The van der Waals surface area contributed by atoms with Gasteiger partial charge in [0, 0.05) is 12.2 Å². The number of halogens is 1. The Bertz CT molecular complexity index is 621. The zero-order chi connectivity index (χ0) is 14.2. The Hall–Kier alpha value is -1.15. The van der Waals surface area contributed by atoms with E-state index < -0.39 is 5.60 Å². The Balaban J connectivity index is 1.91. The van der Waals surface area contributed by atoms with Crippen molar-refractivity contribution in [1.82, 2.24) is 10.1 Å². The fourth-order valence-corrected chi connectivity index (χ4v) is 2.65. The number of rotatable bonds is 2. The quantitative estimate of drug-likeness (QED) is 0.801. The first-order valence-corrected chi connectivity index (χ1v) is 7.63. The van der Waals surface area contributed by atoms with Crippen molar-refractivity contribution in [1.29, 1.82) is 0 Å². The number of ether oxygens (including phenoxy) is 1. The average Bonchev–Trinajstić information content (AvgIpc) is 2.93. The second-order valence-corrected chi connectivity index (χ2v) is 6.29. The molecule has 1 aliphatic heterocycles. The second kappa shape index (κ2) is 5.33. The molecule has 1 aliphatic rings. The maximum atomic E-state index is 9.75. The number of aromatic nitrogens is 2. The molecule has 1 unspecified atom stereocenters. The molecule has 2 heterocycles. The van der Waals surface area contributed by atoms with Crippen molar-refractivity contribution < 1.29 is 14.4 Å². The lowest BCUT2D eigenvalue weighted by atomic mass is 9.95. The maximum absolute atomic E-state index is 9.75. The van der Waals surface area contributed by atoms with Crippen LogP contribution >= 0.6 is 22.6 Å². The van der Waals surface area contributed by atoms with Gasteiger partial charge < -0.3 is 14.4 Å². The number of hydrogen-bond donors (Lipinski definition) is 1. The van der Waals surface area contributed by atoms with E-state index in [1.165, 1.54) is 0 Å². The van der Waals surface area contributed by atoms with Crippen molar-refractivity contribution in [2.24, 2.45) is 0 Å². The van der Waals surface area contributed by atoms with Crippen LogP contribution in [0.2, 0.25) is 0 Å². The topological polar surface area (TPSA) is 68.4 Å². The molecule has 0 bridgehead atoms. The number of phenols is 1. The van der Waals surface area contributed by atoms with Crippen LogP contribution in [-0.4, -0.2) is 21.9 Å². The summed E-state index contributed by atoms with van der Waals surface area (Å²) in [5, 5.41) is 13.8. The van der Waals surface area contributed by atoms with Crippen LogP contribution in [0.5, 0.6) is 5.75 Å². The van der Waals surface area contributed by atoms with Crippen LogP contribution in [0.3, 0.4) is 0 Å². The third-order valence-corrected chi connectivity index (χ3v) is 4.47. The second-order valence-electron chi connectivity index (χ2n) is 5.13. The van der Waals surface area contributed by atoms with Gasteiger partial charge in [-0.15, -0.1) is 0 Å². The highest BCUT2D eigenvalue weighted by atomic mass is 127. The molecule has 1 N–H and O–H groups in total. The predicted octanol–water partition coefficient (Wildman–Crippen LogP) is 3.46. The maximum Gasteiger partial charge on any atom is 0.258 e. The van der Waals surface area contributed by atoms with Crippen LogP contribution in [0, 0.1) is 3.57 Å². The minimum atomic E-state index is -0.467. The summed E-state index contributed by atoms with van der Waals surface area (Å²) >= 11 is 2.07. The fraction of sp³-hybridized carbons (Fsp3) is 0.429. The van der Waals surface area contributed by atoms with E-state index in [1.807, 2.05) is 19.1 Å². The van der Waals surface area contributed by atoms with Gasteiger partial charge >= 0.3 is 0 Å². The van der Waals surface area contributed by atoms with Crippen LogP contribution < -0.4 is 0 Å². The average molecular weight is 386 g/mol. The number of aromatic hydroxyl groups is 1. The van der Waals surface area contributed by atoms with Crippen LogP contribution in [0.1, 0.15) is 32.0 Å². The lowest BCUT2D eigenvalue weighted by Gasteiger charge is -2.30. The van der Waals surface area contributed by atoms with Crippen LogP contribution in [0.4, 0.5) is 0 Å². The van der Waals surface area contributed by atoms with Crippen LogP contribution in [0.15, 0.2) is 22.7 Å². The summed E-state index contributed by atoms with van der Waals surface area (Å²) < 4.78 is 11.9. The monoisotopic (exact) mass is 386 g/mol. The molecule has 1 aromatic carbocycles. The number of nitrogens with zero attached hydrogens (tertiary/aromatic N) is 2. The van der Waals surface area contributed by atoms with Crippen molar-refractivity contribution in [3.05, 3.63) is 27.6 Å². The van der Waals surface area contributed by atoms with Gasteiger partial charge in [-0.05, 0) is 67.0 Å². The normalized spacial score (nSPS) is 22.9. The standard InChI is InChI=1S/C14H15IN2O3/c1-14(6-2-3-7-19-14)13-16-12(20-17-13)9-4-5-10(15)11(18)8-9/h4-5,8,18H,2-3,6-7H2,1H3. The van der Waals surface area contributed by atoms with Crippen molar-refractivity contribution in [3.8, 4) is 17.2 Å². The van der Waals surface area contributed by atoms with Crippen molar-refractivity contribution in [2.45, 2.75) is 31.8 Å². The van der Waals surface area contributed by atoms with Crippen molar-refractivity contribution >= 4 is 22.6 Å². The van der Waals surface area contributed by atoms with E-state index in [-0.39, 0.29) is 5.75 Å². The Morgan fingerprint density at radius 1 is 1.35 bits per heavy atom. The molecular weight excluding hydrogens is 371 g/mol. The van der Waals surface area contributed by atoms with Gasteiger partial charge in [0.15, 0.2) is 0 Å². The van der Waals surface area contributed by atoms with E-state index >= 15 is 0 Å². The lowest BCUT2D eigenvalue weighted by Crippen LogP contribution is -2.31. The van der Waals surface area contributed by atoms with E-state index in [0.717, 1.165) is 29.4 Å². The molecule has 106 valence electrons. The summed E-state index contributed by atoms with van der Waals surface area (Å²) in [6, 6.07) is 5.29. The molecule has 0 radical (unpaired) electrons. The SMILES string of the molecule is CC1(c2noc(-c3ccc(I)c(O)c3)n2)CCCCO1. The highest BCUT2D eigenvalue weighted by molar-refractivity contribution is 14.1. The Kier molecular flexibility index (Phi) is 3.68. The number of phenolic OH excluding ortho intramolecular Hbond substituents is 1. The molecule has 1 aromatic heterocycles. The summed E-state index contributed by atoms with van der Waals surface area (Å²) in [4.78, 5) is 4.43. The van der Waals surface area contributed by atoms with E-state index in [1.54, 1.807) is 6.07 Å². The molecule has 6 heteroatoms. The zero-order valence-corrected chi connectivity index (χ0v) is 13.3. The third-order valence-electron chi connectivity index (χ3n) is 3.56. The fourth-order valence-electron chi connectivity index (χ4n) is 2.31. The molecule has 1 saturated heterocycles. The number of benzene rings is 1. The molecule has 20 heavy (non-hydrogen) atoms. The summed E-state index contributed by atoms with van der Waals surface area (Å²) in [5.74, 6) is 1.19. The van der Waals surface area contributed by atoms with E-state index in [4.69, 9.17) is 9.26 Å². The van der Waals surface area contributed by atoms with Crippen LogP contribution in [-0.2, 0) is 10.3 Å². The summed E-state index contributed by atoms with van der Waals surface area (Å²) in [7, 11) is 0. The summed E-state index contributed by atoms with van der Waals surface area (Å²) in [5.41, 5.74) is 0.242. The van der Waals surface area contributed by atoms with E-state index in [2.05, 4.69) is 32.7 Å².